The second-order valence-electron chi connectivity index (χ2n) is 5.73. The number of pyridine rings is 1. The monoisotopic (exact) mass is 319 g/mol. The lowest BCUT2D eigenvalue weighted by atomic mass is 10.1. The normalized spacial score (nSPS) is 21.9. The van der Waals surface area contributed by atoms with Crippen molar-refractivity contribution in [1.29, 1.82) is 5.26 Å². The molecule has 8 heteroatoms. The number of anilines is 1. The van der Waals surface area contributed by atoms with Gasteiger partial charge in [0.2, 0.25) is 5.82 Å². The van der Waals surface area contributed by atoms with Crippen molar-refractivity contribution in [2.45, 2.75) is 25.9 Å². The molecule has 0 spiro atoms. The van der Waals surface area contributed by atoms with Gasteiger partial charge in [-0.3, -0.25) is 15.0 Å². The van der Waals surface area contributed by atoms with Crippen molar-refractivity contribution in [1.82, 2.24) is 9.88 Å². The van der Waals surface area contributed by atoms with Crippen LogP contribution in [-0.4, -0.2) is 60.2 Å². The van der Waals surface area contributed by atoms with E-state index in [4.69, 9.17) is 10.00 Å². The van der Waals surface area contributed by atoms with E-state index in [0.29, 0.717) is 19.7 Å². The van der Waals surface area contributed by atoms with Gasteiger partial charge in [-0.05, 0) is 19.9 Å². The van der Waals surface area contributed by atoms with Crippen molar-refractivity contribution in [2.75, 3.05) is 38.3 Å². The molecular weight excluding hydrogens is 298 g/mol. The van der Waals surface area contributed by atoms with E-state index >= 15 is 0 Å². The number of nitriles is 1. The minimum absolute atomic E-state index is 0.0436. The van der Waals surface area contributed by atoms with Crippen LogP contribution in [0.25, 0.3) is 0 Å². The Morgan fingerprint density at radius 3 is 2.65 bits per heavy atom. The number of methoxy groups -OCH3 is 1. The van der Waals surface area contributed by atoms with Crippen molar-refractivity contribution in [3.63, 3.8) is 0 Å². The Balaban J connectivity index is 2.28. The zero-order valence-corrected chi connectivity index (χ0v) is 13.6. The number of nitro groups is 1. The number of nitrogens with zero attached hydrogens (tertiary/aromatic N) is 5. The van der Waals surface area contributed by atoms with E-state index in [9.17, 15) is 10.1 Å². The first kappa shape index (κ1) is 17.1. The molecular formula is C15H21N5O3. The number of hydrogen-bond donors (Lipinski definition) is 0. The van der Waals surface area contributed by atoms with Crippen LogP contribution < -0.4 is 4.90 Å². The van der Waals surface area contributed by atoms with Crippen molar-refractivity contribution in [3.8, 4) is 6.07 Å². The zero-order valence-electron chi connectivity index (χ0n) is 13.6. The van der Waals surface area contributed by atoms with E-state index < -0.39 is 4.92 Å². The molecule has 0 bridgehead atoms. The Morgan fingerprint density at radius 2 is 2.13 bits per heavy atom. The molecule has 0 aliphatic carbocycles. The fourth-order valence-electron chi connectivity index (χ4n) is 3.11. The average molecular weight is 319 g/mol. The van der Waals surface area contributed by atoms with Crippen LogP contribution in [0.4, 0.5) is 11.5 Å². The number of hydrogen-bond acceptors (Lipinski definition) is 7. The molecule has 2 atom stereocenters. The predicted octanol–water partition coefficient (Wildman–Crippen LogP) is 1.41. The summed E-state index contributed by atoms with van der Waals surface area (Å²) in [4.78, 5) is 19.3. The third-order valence-electron chi connectivity index (χ3n) is 4.16. The molecule has 8 nitrogen and oxygen atoms in total. The van der Waals surface area contributed by atoms with Gasteiger partial charge in [0.05, 0.1) is 11.5 Å². The smallest absolute Gasteiger partial charge is 0.329 e. The maximum atomic E-state index is 11.4. The van der Waals surface area contributed by atoms with E-state index in [2.05, 4.69) is 23.7 Å². The van der Waals surface area contributed by atoms with Crippen molar-refractivity contribution >= 4 is 11.5 Å². The third-order valence-corrected chi connectivity index (χ3v) is 4.16. The van der Waals surface area contributed by atoms with Crippen molar-refractivity contribution in [2.24, 2.45) is 0 Å². The Labute approximate surface area is 135 Å². The molecule has 1 aromatic rings. The first-order chi connectivity index (χ1) is 11.0. The molecule has 1 fully saturated rings. The molecule has 0 radical (unpaired) electrons. The van der Waals surface area contributed by atoms with Gasteiger partial charge in [0.25, 0.3) is 0 Å². The Kier molecular flexibility index (Phi) is 5.47. The molecule has 1 saturated heterocycles. The second-order valence-corrected chi connectivity index (χ2v) is 5.73. The van der Waals surface area contributed by atoms with E-state index in [0.717, 1.165) is 6.54 Å². The van der Waals surface area contributed by atoms with Gasteiger partial charge in [-0.1, -0.05) is 0 Å². The Hall–Kier alpha value is -2.24. The molecule has 1 aliphatic rings. The SMILES string of the molecule is COCCN1[C@H](C)CN(c2nccc(C#N)c2[N+](=O)[O-])C[C@@H]1C. The standard InChI is InChI=1S/C15H21N5O3/c1-11-9-18(10-12(2)19(11)6-7-23-3)15-14(20(21)22)13(8-16)4-5-17-15/h4-5,11-12H,6-7,9-10H2,1-3H3/t11-,12+. The molecule has 0 saturated carbocycles. The largest absolute Gasteiger partial charge is 0.383 e. The van der Waals surface area contributed by atoms with Crippen LogP contribution in [0.2, 0.25) is 0 Å². The summed E-state index contributed by atoms with van der Waals surface area (Å²) in [6, 6.07) is 3.68. The summed E-state index contributed by atoms with van der Waals surface area (Å²) < 4.78 is 5.14. The van der Waals surface area contributed by atoms with Gasteiger partial charge in [-0.25, -0.2) is 4.98 Å². The summed E-state index contributed by atoms with van der Waals surface area (Å²) in [7, 11) is 1.67. The van der Waals surface area contributed by atoms with Crippen LogP contribution in [0.5, 0.6) is 0 Å². The highest BCUT2D eigenvalue weighted by molar-refractivity contribution is 5.65. The van der Waals surface area contributed by atoms with Gasteiger partial charge in [0.1, 0.15) is 11.6 Å². The van der Waals surface area contributed by atoms with E-state index in [1.807, 2.05) is 11.0 Å². The van der Waals surface area contributed by atoms with Gasteiger partial charge < -0.3 is 9.64 Å². The quantitative estimate of drug-likeness (QED) is 0.598. The fraction of sp³-hybridized carbons (Fsp3) is 0.600. The first-order valence-electron chi connectivity index (χ1n) is 7.52. The van der Waals surface area contributed by atoms with Crippen LogP contribution in [0, 0.1) is 21.4 Å². The third kappa shape index (κ3) is 3.57. The van der Waals surface area contributed by atoms with Crippen molar-refractivity contribution < 1.29 is 9.66 Å². The lowest BCUT2D eigenvalue weighted by Gasteiger charge is -2.44. The summed E-state index contributed by atoms with van der Waals surface area (Å²) in [6.07, 6.45) is 1.45. The molecule has 23 heavy (non-hydrogen) atoms. The van der Waals surface area contributed by atoms with E-state index in [1.165, 1.54) is 12.3 Å². The summed E-state index contributed by atoms with van der Waals surface area (Å²) >= 11 is 0. The molecule has 0 aromatic carbocycles. The topological polar surface area (TPSA) is 95.5 Å². The maximum Gasteiger partial charge on any atom is 0.329 e. The summed E-state index contributed by atoms with van der Waals surface area (Å²) in [5.74, 6) is 0.277. The van der Waals surface area contributed by atoms with Crippen LogP contribution in [0.1, 0.15) is 19.4 Å². The first-order valence-corrected chi connectivity index (χ1v) is 7.52. The zero-order chi connectivity index (χ0) is 17.0. The number of ether oxygens (including phenoxy) is 1. The lowest BCUT2D eigenvalue weighted by molar-refractivity contribution is -0.384. The van der Waals surface area contributed by atoms with Gasteiger partial charge >= 0.3 is 5.69 Å². The summed E-state index contributed by atoms with van der Waals surface area (Å²) in [5, 5.41) is 20.5. The summed E-state index contributed by atoms with van der Waals surface area (Å²) in [6.45, 7) is 6.88. The highest BCUT2D eigenvalue weighted by atomic mass is 16.6. The molecule has 2 heterocycles. The lowest BCUT2D eigenvalue weighted by Crippen LogP contribution is -2.57. The van der Waals surface area contributed by atoms with Gasteiger partial charge in [-0.15, -0.1) is 0 Å². The van der Waals surface area contributed by atoms with Gasteiger partial charge in [0, 0.05) is 45.0 Å². The summed E-state index contributed by atoms with van der Waals surface area (Å²) in [5.41, 5.74) is -0.165. The van der Waals surface area contributed by atoms with Crippen LogP contribution >= 0.6 is 0 Å². The average Bonchev–Trinajstić information content (AvgIpc) is 2.53. The molecule has 1 aliphatic heterocycles. The highest BCUT2D eigenvalue weighted by Gasteiger charge is 2.34. The molecule has 0 unspecified atom stereocenters. The molecule has 2 rings (SSSR count). The Morgan fingerprint density at radius 1 is 1.48 bits per heavy atom. The van der Waals surface area contributed by atoms with Crippen LogP contribution in [0.15, 0.2) is 12.3 Å². The fourth-order valence-corrected chi connectivity index (χ4v) is 3.11. The maximum absolute atomic E-state index is 11.4. The number of piperazine rings is 1. The number of rotatable bonds is 5. The van der Waals surface area contributed by atoms with Crippen LogP contribution in [-0.2, 0) is 4.74 Å². The van der Waals surface area contributed by atoms with Crippen LogP contribution in [0.3, 0.4) is 0 Å². The molecule has 1 aromatic heterocycles. The van der Waals surface area contributed by atoms with E-state index in [-0.39, 0.29) is 29.2 Å². The Bertz CT molecular complexity index is 604. The second kappa shape index (κ2) is 7.35. The molecule has 124 valence electrons. The molecule has 0 amide bonds. The highest BCUT2D eigenvalue weighted by Crippen LogP contribution is 2.31. The minimum atomic E-state index is -0.520. The van der Waals surface area contributed by atoms with E-state index in [1.54, 1.807) is 7.11 Å². The minimum Gasteiger partial charge on any atom is -0.383 e. The molecule has 0 N–H and O–H groups in total. The van der Waals surface area contributed by atoms with Gasteiger partial charge in [-0.2, -0.15) is 5.26 Å². The van der Waals surface area contributed by atoms with Crippen molar-refractivity contribution in [3.05, 3.63) is 27.9 Å². The predicted molar refractivity (Wildman–Crippen MR) is 85.3 cm³/mol. The number of aromatic nitrogens is 1. The van der Waals surface area contributed by atoms with Gasteiger partial charge in [0.15, 0.2) is 0 Å².